The third kappa shape index (κ3) is 20.3. The standard InChI is InChI=1S/C21H42S/c1-3-5-6-7-8-9-10-11-12-13-14-15-16-17-18-19-20-21-22-4-2/h21H,1,3-20H2,2H3. The molecule has 0 atom stereocenters. The van der Waals surface area contributed by atoms with E-state index in [1.807, 2.05) is 11.8 Å². The van der Waals surface area contributed by atoms with Gasteiger partial charge in [-0.1, -0.05) is 117 Å². The molecule has 0 N–H and O–H groups in total. The summed E-state index contributed by atoms with van der Waals surface area (Å²) in [4.78, 5) is 0. The van der Waals surface area contributed by atoms with Gasteiger partial charge in [0.05, 0.1) is 0 Å². The smallest absolute Gasteiger partial charge is 0.0166 e. The fourth-order valence-corrected chi connectivity index (χ4v) is 3.47. The van der Waals surface area contributed by atoms with Gasteiger partial charge in [0.15, 0.2) is 0 Å². The van der Waals surface area contributed by atoms with Crippen LogP contribution >= 0.6 is 11.8 Å². The molecule has 1 heteroatoms. The van der Waals surface area contributed by atoms with E-state index in [1.54, 1.807) is 0 Å². The molecule has 0 aliphatic rings. The minimum absolute atomic E-state index is 1.12. The first kappa shape index (κ1) is 22.4. The van der Waals surface area contributed by atoms with Gasteiger partial charge in [0.1, 0.15) is 0 Å². The second-order valence-electron chi connectivity index (χ2n) is 6.57. The molecule has 0 aromatic carbocycles. The summed E-state index contributed by atoms with van der Waals surface area (Å²) in [6.45, 7) is 6.13. The van der Waals surface area contributed by atoms with Crippen molar-refractivity contribution in [2.24, 2.45) is 0 Å². The lowest BCUT2D eigenvalue weighted by Gasteiger charge is -2.03. The van der Waals surface area contributed by atoms with Crippen molar-refractivity contribution < 1.29 is 0 Å². The monoisotopic (exact) mass is 326 g/mol. The Labute approximate surface area is 146 Å². The Morgan fingerprint density at radius 1 is 0.591 bits per heavy atom. The van der Waals surface area contributed by atoms with Crippen molar-refractivity contribution in [1.29, 1.82) is 0 Å². The van der Waals surface area contributed by atoms with E-state index >= 15 is 0 Å². The number of thioether (sulfide) groups is 1. The SMILES string of the molecule is [CH2]CCCCCCCCCCCCCCCCC[CH]SCC. The molecule has 0 rings (SSSR count). The van der Waals surface area contributed by atoms with Crippen LogP contribution in [0.2, 0.25) is 0 Å². The van der Waals surface area contributed by atoms with Gasteiger partial charge in [0.2, 0.25) is 0 Å². The molecule has 0 nitrogen and oxygen atoms in total. The van der Waals surface area contributed by atoms with E-state index in [0.29, 0.717) is 0 Å². The van der Waals surface area contributed by atoms with E-state index in [2.05, 4.69) is 19.6 Å². The lowest BCUT2D eigenvalue weighted by Crippen LogP contribution is -1.83. The van der Waals surface area contributed by atoms with Crippen LogP contribution in [0.15, 0.2) is 0 Å². The highest BCUT2D eigenvalue weighted by molar-refractivity contribution is 8.01. The van der Waals surface area contributed by atoms with Gasteiger partial charge < -0.3 is 0 Å². The Morgan fingerprint density at radius 3 is 1.32 bits per heavy atom. The van der Waals surface area contributed by atoms with Gasteiger partial charge in [0.25, 0.3) is 0 Å². The van der Waals surface area contributed by atoms with Crippen LogP contribution in [0, 0.1) is 12.7 Å². The number of unbranched alkanes of at least 4 members (excludes halogenated alkanes) is 16. The van der Waals surface area contributed by atoms with Crippen LogP contribution in [-0.4, -0.2) is 5.75 Å². The molecule has 0 saturated heterocycles. The third-order valence-electron chi connectivity index (χ3n) is 4.36. The highest BCUT2D eigenvalue weighted by atomic mass is 32.2. The van der Waals surface area contributed by atoms with Crippen molar-refractivity contribution >= 4 is 11.8 Å². The maximum Gasteiger partial charge on any atom is 0.0166 e. The molecule has 0 heterocycles. The van der Waals surface area contributed by atoms with Gasteiger partial charge in [-0.2, -0.15) is 11.8 Å². The summed E-state index contributed by atoms with van der Waals surface area (Å²) < 4.78 is 0. The second-order valence-corrected chi connectivity index (χ2v) is 7.81. The van der Waals surface area contributed by atoms with Crippen molar-refractivity contribution in [3.63, 3.8) is 0 Å². The van der Waals surface area contributed by atoms with Gasteiger partial charge in [-0.15, -0.1) is 0 Å². The summed E-state index contributed by atoms with van der Waals surface area (Å²) in [5, 5.41) is 0. The zero-order valence-corrected chi connectivity index (χ0v) is 16.2. The van der Waals surface area contributed by atoms with Crippen LogP contribution in [-0.2, 0) is 0 Å². The highest BCUT2D eigenvalue weighted by Gasteiger charge is 1.95. The van der Waals surface area contributed by atoms with Crippen molar-refractivity contribution in [2.75, 3.05) is 5.75 Å². The molecule has 0 aromatic heterocycles. The van der Waals surface area contributed by atoms with Crippen LogP contribution < -0.4 is 0 Å². The molecule has 0 amide bonds. The Bertz CT molecular complexity index is 159. The average Bonchev–Trinajstić information content (AvgIpc) is 2.54. The van der Waals surface area contributed by atoms with E-state index in [1.165, 1.54) is 108 Å². The lowest BCUT2D eigenvalue weighted by molar-refractivity contribution is 0.531. The minimum atomic E-state index is 1.12. The topological polar surface area (TPSA) is 0 Å². The van der Waals surface area contributed by atoms with Crippen LogP contribution in [0.25, 0.3) is 0 Å². The predicted molar refractivity (Wildman–Crippen MR) is 106 cm³/mol. The van der Waals surface area contributed by atoms with E-state index in [9.17, 15) is 0 Å². The summed E-state index contributed by atoms with van der Waals surface area (Å²) in [6.07, 6.45) is 24.1. The molecule has 0 unspecified atom stereocenters. The van der Waals surface area contributed by atoms with Gasteiger partial charge in [-0.05, 0) is 12.2 Å². The summed E-state index contributed by atoms with van der Waals surface area (Å²) in [6, 6.07) is 0. The summed E-state index contributed by atoms with van der Waals surface area (Å²) in [5.41, 5.74) is 0. The summed E-state index contributed by atoms with van der Waals surface area (Å²) >= 11 is 1.97. The average molecular weight is 327 g/mol. The second kappa shape index (κ2) is 21.4. The molecule has 0 aliphatic carbocycles. The minimum Gasteiger partial charge on any atom is -0.158 e. The van der Waals surface area contributed by atoms with Gasteiger partial charge in [-0.25, -0.2) is 0 Å². The fraction of sp³-hybridized carbons (Fsp3) is 0.905. The van der Waals surface area contributed by atoms with Gasteiger partial charge in [0, 0.05) is 5.75 Å². The fourth-order valence-electron chi connectivity index (χ4n) is 2.90. The van der Waals surface area contributed by atoms with Crippen LogP contribution in [0.5, 0.6) is 0 Å². The maximum atomic E-state index is 3.90. The van der Waals surface area contributed by atoms with Crippen molar-refractivity contribution in [3.8, 4) is 0 Å². The van der Waals surface area contributed by atoms with Crippen molar-refractivity contribution in [1.82, 2.24) is 0 Å². The first-order chi connectivity index (χ1) is 10.9. The quantitative estimate of drug-likeness (QED) is 0.215. The van der Waals surface area contributed by atoms with E-state index in [-0.39, 0.29) is 0 Å². The zero-order valence-electron chi connectivity index (χ0n) is 15.4. The molecule has 22 heavy (non-hydrogen) atoms. The van der Waals surface area contributed by atoms with Crippen molar-refractivity contribution in [2.45, 2.75) is 116 Å². The molecule has 0 aliphatic heterocycles. The lowest BCUT2D eigenvalue weighted by atomic mass is 10.0. The first-order valence-electron chi connectivity index (χ1n) is 10.1. The zero-order chi connectivity index (χ0) is 16.1. The largest absolute Gasteiger partial charge is 0.158 e. The number of hydrogen-bond donors (Lipinski definition) is 0. The predicted octanol–water partition coefficient (Wildman–Crippen LogP) is 8.37. The molecular weight excluding hydrogens is 284 g/mol. The normalized spacial score (nSPS) is 11.2. The molecular formula is C21H42S. The van der Waals surface area contributed by atoms with E-state index < -0.39 is 0 Å². The Hall–Kier alpha value is 0.350. The number of rotatable bonds is 19. The van der Waals surface area contributed by atoms with E-state index in [0.717, 1.165) is 6.42 Å². The first-order valence-corrected chi connectivity index (χ1v) is 11.2. The number of hydrogen-bond acceptors (Lipinski definition) is 1. The van der Waals surface area contributed by atoms with Crippen LogP contribution in [0.1, 0.15) is 116 Å². The third-order valence-corrected chi connectivity index (χ3v) is 5.16. The Morgan fingerprint density at radius 2 is 0.955 bits per heavy atom. The Kier molecular flexibility index (Phi) is 21.7. The maximum absolute atomic E-state index is 3.90. The molecule has 0 fully saturated rings. The molecule has 2 radical (unpaired) electrons. The highest BCUT2D eigenvalue weighted by Crippen LogP contribution is 2.15. The van der Waals surface area contributed by atoms with Crippen LogP contribution in [0.4, 0.5) is 0 Å². The van der Waals surface area contributed by atoms with Crippen LogP contribution in [0.3, 0.4) is 0 Å². The molecule has 0 saturated carbocycles. The molecule has 0 bridgehead atoms. The molecule has 0 aromatic rings. The Balaban J connectivity index is 2.91. The van der Waals surface area contributed by atoms with Crippen molar-refractivity contribution in [3.05, 3.63) is 12.7 Å². The molecule has 0 spiro atoms. The van der Waals surface area contributed by atoms with Gasteiger partial charge >= 0.3 is 0 Å². The van der Waals surface area contributed by atoms with Gasteiger partial charge in [-0.3, -0.25) is 0 Å². The molecule has 132 valence electrons. The van der Waals surface area contributed by atoms with E-state index in [4.69, 9.17) is 0 Å². The summed E-state index contributed by atoms with van der Waals surface area (Å²) in [5.74, 6) is 3.62. The summed E-state index contributed by atoms with van der Waals surface area (Å²) in [7, 11) is 0.